The fourth-order valence-electron chi connectivity index (χ4n) is 2.43. The molecule has 0 spiro atoms. The molecule has 2 aromatic rings. The van der Waals surface area contributed by atoms with Gasteiger partial charge in [0.2, 0.25) is 11.9 Å². The molecular formula is C14H18BrFN4O. The first-order valence-corrected chi connectivity index (χ1v) is 7.61. The van der Waals surface area contributed by atoms with Crippen LogP contribution in [0.25, 0.3) is 11.0 Å². The molecule has 1 aromatic heterocycles. The highest BCUT2D eigenvalue weighted by atomic mass is 79.9. The van der Waals surface area contributed by atoms with E-state index in [0.29, 0.717) is 28.6 Å². The number of hydrogen-bond donors (Lipinski definition) is 1. The summed E-state index contributed by atoms with van der Waals surface area (Å²) in [5, 5.41) is 0. The number of nitrogens with two attached hydrogens (primary N) is 1. The molecule has 0 aliphatic rings. The van der Waals surface area contributed by atoms with Crippen LogP contribution in [-0.2, 0) is 4.79 Å². The molecule has 21 heavy (non-hydrogen) atoms. The van der Waals surface area contributed by atoms with Crippen molar-refractivity contribution >= 4 is 38.8 Å². The lowest BCUT2D eigenvalue weighted by Gasteiger charge is -2.24. The van der Waals surface area contributed by atoms with E-state index in [1.807, 2.05) is 13.8 Å². The summed E-state index contributed by atoms with van der Waals surface area (Å²) in [5.41, 5.74) is 6.99. The second-order valence-electron chi connectivity index (χ2n) is 4.78. The maximum Gasteiger partial charge on any atom is 0.245 e. The topological polar surface area (TPSA) is 64.2 Å². The quantitative estimate of drug-likeness (QED) is 0.915. The van der Waals surface area contributed by atoms with Crippen molar-refractivity contribution in [2.45, 2.75) is 26.8 Å². The molecule has 2 N–H and O–H groups in total. The average molecular weight is 357 g/mol. The number of halogens is 2. The van der Waals surface area contributed by atoms with Crippen molar-refractivity contribution in [3.05, 3.63) is 22.4 Å². The average Bonchev–Trinajstić information content (AvgIpc) is 2.75. The van der Waals surface area contributed by atoms with E-state index in [2.05, 4.69) is 20.9 Å². The Morgan fingerprint density at radius 2 is 2.10 bits per heavy atom. The predicted molar refractivity (Wildman–Crippen MR) is 84.4 cm³/mol. The van der Waals surface area contributed by atoms with Crippen LogP contribution in [0.2, 0.25) is 0 Å². The molecule has 1 unspecified atom stereocenters. The Bertz CT molecular complexity index is 681. The molecule has 1 atom stereocenters. The summed E-state index contributed by atoms with van der Waals surface area (Å²) >= 11 is 3.12. The van der Waals surface area contributed by atoms with Crippen molar-refractivity contribution < 1.29 is 9.18 Å². The minimum Gasteiger partial charge on any atom is -0.369 e. The van der Waals surface area contributed by atoms with E-state index in [-0.39, 0.29) is 11.9 Å². The molecule has 0 aliphatic heterocycles. The smallest absolute Gasteiger partial charge is 0.245 e. The molecule has 7 heteroatoms. The van der Waals surface area contributed by atoms with E-state index in [0.717, 1.165) is 0 Å². The standard InChI is InChI=1S/C14H18BrFN4O/c1-4-19(5-2)13(21)8(3)20-12-7-10(16)9(15)6-11(12)18-14(20)17/h6-8H,4-5H2,1-3H3,(H2,17,18). The van der Waals surface area contributed by atoms with Crippen molar-refractivity contribution in [3.8, 4) is 0 Å². The molecule has 0 saturated heterocycles. The molecule has 1 heterocycles. The Balaban J connectivity index is 2.53. The first-order chi connectivity index (χ1) is 9.90. The summed E-state index contributed by atoms with van der Waals surface area (Å²) in [7, 11) is 0. The van der Waals surface area contributed by atoms with E-state index in [9.17, 15) is 9.18 Å². The molecule has 5 nitrogen and oxygen atoms in total. The Morgan fingerprint density at radius 3 is 2.67 bits per heavy atom. The van der Waals surface area contributed by atoms with Crippen molar-refractivity contribution in [2.75, 3.05) is 18.8 Å². The predicted octanol–water partition coefficient (Wildman–Crippen LogP) is 2.95. The Hall–Kier alpha value is -1.63. The lowest BCUT2D eigenvalue weighted by atomic mass is 10.2. The molecule has 0 radical (unpaired) electrons. The van der Waals surface area contributed by atoms with Crippen molar-refractivity contribution in [1.82, 2.24) is 14.5 Å². The summed E-state index contributed by atoms with van der Waals surface area (Å²) in [6.45, 7) is 6.82. The number of carbonyl (C=O) groups is 1. The zero-order valence-electron chi connectivity index (χ0n) is 12.2. The fourth-order valence-corrected chi connectivity index (χ4v) is 2.76. The number of nitrogen functional groups attached to an aromatic ring is 1. The number of nitrogens with zero attached hydrogens (tertiary/aromatic N) is 3. The zero-order chi connectivity index (χ0) is 15.7. The number of benzene rings is 1. The van der Waals surface area contributed by atoms with Crippen LogP contribution in [0.4, 0.5) is 10.3 Å². The summed E-state index contributed by atoms with van der Waals surface area (Å²) < 4.78 is 15.7. The first kappa shape index (κ1) is 15.8. The minimum absolute atomic E-state index is 0.0608. The highest BCUT2D eigenvalue weighted by Gasteiger charge is 2.24. The van der Waals surface area contributed by atoms with E-state index in [4.69, 9.17) is 5.73 Å². The van der Waals surface area contributed by atoms with Crippen molar-refractivity contribution in [2.24, 2.45) is 0 Å². The molecule has 1 aromatic carbocycles. The van der Waals surface area contributed by atoms with Crippen LogP contribution in [0.1, 0.15) is 26.8 Å². The Kier molecular flexibility index (Phi) is 4.51. The number of imidazole rings is 1. The molecule has 2 rings (SSSR count). The number of rotatable bonds is 4. The molecule has 0 bridgehead atoms. The number of hydrogen-bond acceptors (Lipinski definition) is 3. The van der Waals surface area contributed by atoms with Crippen LogP contribution < -0.4 is 5.73 Å². The second kappa shape index (κ2) is 6.01. The Labute approximate surface area is 131 Å². The normalized spacial score (nSPS) is 12.6. The van der Waals surface area contributed by atoms with Crippen LogP contribution in [0.3, 0.4) is 0 Å². The number of anilines is 1. The molecule has 114 valence electrons. The van der Waals surface area contributed by atoms with Crippen LogP contribution in [0.15, 0.2) is 16.6 Å². The van der Waals surface area contributed by atoms with Gasteiger partial charge in [-0.05, 0) is 42.8 Å². The van der Waals surface area contributed by atoms with Gasteiger partial charge in [0, 0.05) is 19.2 Å². The van der Waals surface area contributed by atoms with E-state index >= 15 is 0 Å². The highest BCUT2D eigenvalue weighted by Crippen LogP contribution is 2.28. The minimum atomic E-state index is -0.532. The van der Waals surface area contributed by atoms with E-state index in [1.165, 1.54) is 6.07 Å². The van der Waals surface area contributed by atoms with Gasteiger partial charge in [0.15, 0.2) is 0 Å². The lowest BCUT2D eigenvalue weighted by Crippen LogP contribution is -2.36. The largest absolute Gasteiger partial charge is 0.369 e. The van der Waals surface area contributed by atoms with Gasteiger partial charge in [0.05, 0.1) is 15.5 Å². The summed E-state index contributed by atoms with van der Waals surface area (Å²) in [4.78, 5) is 18.4. The molecule has 1 amide bonds. The number of likely N-dealkylation sites (N-methyl/N-ethyl adjacent to an activating group) is 1. The number of fused-ring (bicyclic) bond motifs is 1. The highest BCUT2D eigenvalue weighted by molar-refractivity contribution is 9.10. The monoisotopic (exact) mass is 356 g/mol. The van der Waals surface area contributed by atoms with Gasteiger partial charge in [-0.15, -0.1) is 0 Å². The van der Waals surface area contributed by atoms with Gasteiger partial charge < -0.3 is 10.6 Å². The second-order valence-corrected chi connectivity index (χ2v) is 5.64. The van der Waals surface area contributed by atoms with Gasteiger partial charge in [-0.25, -0.2) is 9.37 Å². The third-order valence-electron chi connectivity index (χ3n) is 3.58. The maximum atomic E-state index is 13.8. The maximum absolute atomic E-state index is 13.8. The third-order valence-corrected chi connectivity index (χ3v) is 4.19. The third kappa shape index (κ3) is 2.74. The van der Waals surface area contributed by atoms with Gasteiger partial charge in [-0.2, -0.15) is 0 Å². The van der Waals surface area contributed by atoms with Gasteiger partial charge in [-0.1, -0.05) is 0 Å². The van der Waals surface area contributed by atoms with Crippen LogP contribution >= 0.6 is 15.9 Å². The SMILES string of the molecule is CCN(CC)C(=O)C(C)n1c(N)nc2cc(Br)c(F)cc21. The van der Waals surface area contributed by atoms with Gasteiger partial charge in [-0.3, -0.25) is 9.36 Å². The van der Waals surface area contributed by atoms with Crippen LogP contribution in [0.5, 0.6) is 0 Å². The van der Waals surface area contributed by atoms with Crippen molar-refractivity contribution in [1.29, 1.82) is 0 Å². The molecular weight excluding hydrogens is 339 g/mol. The molecule has 0 aliphatic carbocycles. The lowest BCUT2D eigenvalue weighted by molar-refractivity contribution is -0.133. The van der Waals surface area contributed by atoms with Crippen LogP contribution in [0, 0.1) is 5.82 Å². The van der Waals surface area contributed by atoms with E-state index < -0.39 is 11.9 Å². The van der Waals surface area contributed by atoms with Gasteiger partial charge in [0.1, 0.15) is 11.9 Å². The van der Waals surface area contributed by atoms with E-state index in [1.54, 1.807) is 22.5 Å². The van der Waals surface area contributed by atoms with Gasteiger partial charge in [0.25, 0.3) is 0 Å². The van der Waals surface area contributed by atoms with Crippen molar-refractivity contribution in [3.63, 3.8) is 0 Å². The Morgan fingerprint density at radius 1 is 1.48 bits per heavy atom. The van der Waals surface area contributed by atoms with Gasteiger partial charge >= 0.3 is 0 Å². The van der Waals surface area contributed by atoms with Crippen LogP contribution in [-0.4, -0.2) is 33.4 Å². The molecule has 0 fully saturated rings. The first-order valence-electron chi connectivity index (χ1n) is 6.81. The summed E-state index contributed by atoms with van der Waals surface area (Å²) in [6.07, 6.45) is 0. The number of aromatic nitrogens is 2. The fraction of sp³-hybridized carbons (Fsp3) is 0.429. The number of amides is 1. The zero-order valence-corrected chi connectivity index (χ0v) is 13.8. The summed E-state index contributed by atoms with van der Waals surface area (Å²) in [6, 6.07) is 2.37. The molecule has 0 saturated carbocycles. The number of carbonyl (C=O) groups excluding carboxylic acids is 1. The summed E-state index contributed by atoms with van der Waals surface area (Å²) in [5.74, 6) is -0.268.